The highest BCUT2D eigenvalue weighted by Gasteiger charge is 2.23. The molecule has 35 heavy (non-hydrogen) atoms. The van der Waals surface area contributed by atoms with Crippen LogP contribution in [0.25, 0.3) is 0 Å². The molecule has 0 N–H and O–H groups in total. The zero-order valence-electron chi connectivity index (χ0n) is 19.2. The Hall–Kier alpha value is -4.01. The van der Waals surface area contributed by atoms with Gasteiger partial charge in [0.15, 0.2) is 0 Å². The van der Waals surface area contributed by atoms with E-state index in [1.54, 1.807) is 0 Å². The highest BCUT2D eigenvalue weighted by molar-refractivity contribution is 7.80. The fourth-order valence-electron chi connectivity index (χ4n) is 3.70. The number of ether oxygens (including phenoxy) is 2. The van der Waals surface area contributed by atoms with Gasteiger partial charge in [-0.15, -0.1) is 0 Å². The van der Waals surface area contributed by atoms with Crippen LogP contribution in [0.3, 0.4) is 0 Å². The summed E-state index contributed by atoms with van der Waals surface area (Å²) in [6.07, 6.45) is 1.86. The van der Waals surface area contributed by atoms with Crippen molar-refractivity contribution in [1.82, 2.24) is 9.97 Å². The second-order valence-electron chi connectivity index (χ2n) is 7.90. The average molecular weight is 477 g/mol. The first-order chi connectivity index (χ1) is 17.4. The predicted octanol–water partition coefficient (Wildman–Crippen LogP) is 5.39. The van der Waals surface area contributed by atoms with Crippen LogP contribution in [0.5, 0.6) is 11.9 Å². The van der Waals surface area contributed by atoms with Gasteiger partial charge in [0.05, 0.1) is 5.30 Å². The Morgan fingerprint density at radius 1 is 0.543 bits per heavy atom. The van der Waals surface area contributed by atoms with E-state index in [0.717, 1.165) is 16.4 Å². The van der Waals surface area contributed by atoms with Crippen molar-refractivity contribution in [1.29, 1.82) is 0 Å². The van der Waals surface area contributed by atoms with Crippen molar-refractivity contribution < 1.29 is 9.47 Å². The fraction of sp³-hybridized carbons (Fsp3) is 0.0667. The van der Waals surface area contributed by atoms with Crippen molar-refractivity contribution in [2.45, 2.75) is 13.2 Å². The maximum atomic E-state index is 6.32. The lowest BCUT2D eigenvalue weighted by molar-refractivity contribution is 0.260. The molecule has 0 fully saturated rings. The van der Waals surface area contributed by atoms with Crippen LogP contribution in [0.4, 0.5) is 0 Å². The maximum Gasteiger partial charge on any atom is 0.320 e. The molecule has 4 nitrogen and oxygen atoms in total. The first kappa shape index (κ1) is 22.8. The van der Waals surface area contributed by atoms with Gasteiger partial charge >= 0.3 is 6.01 Å². The summed E-state index contributed by atoms with van der Waals surface area (Å²) in [5.41, 5.74) is 2.13. The molecule has 0 aliphatic carbocycles. The molecule has 0 aliphatic heterocycles. The molecule has 0 atom stereocenters. The SMILES string of the molecule is c1ccc(COc2ncc(P(c3ccccc3)c3ccccc3)c(OCc3ccccc3)n2)cc1. The van der Waals surface area contributed by atoms with E-state index < -0.39 is 7.92 Å². The summed E-state index contributed by atoms with van der Waals surface area (Å²) < 4.78 is 12.3. The monoisotopic (exact) mass is 476 g/mol. The van der Waals surface area contributed by atoms with Gasteiger partial charge in [-0.25, -0.2) is 4.98 Å². The first-order valence-electron chi connectivity index (χ1n) is 11.5. The molecule has 5 heteroatoms. The van der Waals surface area contributed by atoms with Crippen LogP contribution in [-0.2, 0) is 13.2 Å². The van der Waals surface area contributed by atoms with Gasteiger partial charge in [-0.1, -0.05) is 121 Å². The van der Waals surface area contributed by atoms with Crippen LogP contribution >= 0.6 is 7.92 Å². The molecule has 0 saturated carbocycles. The van der Waals surface area contributed by atoms with Crippen LogP contribution in [0.1, 0.15) is 11.1 Å². The number of hydrogen-bond donors (Lipinski definition) is 0. The van der Waals surface area contributed by atoms with Crippen LogP contribution < -0.4 is 25.4 Å². The maximum absolute atomic E-state index is 6.32. The Labute approximate surface area is 207 Å². The second kappa shape index (κ2) is 11.4. The van der Waals surface area contributed by atoms with Gasteiger partial charge in [0.25, 0.3) is 0 Å². The molecule has 0 radical (unpaired) electrons. The summed E-state index contributed by atoms with van der Waals surface area (Å²) in [5, 5.41) is 3.38. The number of rotatable bonds is 9. The topological polar surface area (TPSA) is 44.2 Å². The summed E-state index contributed by atoms with van der Waals surface area (Å²) in [6.45, 7) is 0.806. The Morgan fingerprint density at radius 3 is 1.51 bits per heavy atom. The summed E-state index contributed by atoms with van der Waals surface area (Å²) >= 11 is 0. The summed E-state index contributed by atoms with van der Waals surface area (Å²) in [6, 6.07) is 41.4. The van der Waals surface area contributed by atoms with Crippen molar-refractivity contribution in [3.8, 4) is 11.9 Å². The molecule has 0 aliphatic rings. The highest BCUT2D eigenvalue weighted by Crippen LogP contribution is 2.36. The quantitative estimate of drug-likeness (QED) is 0.268. The van der Waals surface area contributed by atoms with Gasteiger partial charge in [0, 0.05) is 6.20 Å². The lowest BCUT2D eigenvalue weighted by Gasteiger charge is -2.21. The largest absolute Gasteiger partial charge is 0.472 e. The summed E-state index contributed by atoms with van der Waals surface area (Å²) in [7, 11) is -0.918. The molecule has 0 saturated heterocycles. The van der Waals surface area contributed by atoms with Crippen LogP contribution in [0.2, 0.25) is 0 Å². The Balaban J connectivity index is 1.51. The van der Waals surface area contributed by atoms with Crippen molar-refractivity contribution in [3.63, 3.8) is 0 Å². The van der Waals surface area contributed by atoms with E-state index in [4.69, 9.17) is 14.5 Å². The van der Waals surface area contributed by atoms with Gasteiger partial charge in [0.1, 0.15) is 13.2 Å². The van der Waals surface area contributed by atoms with E-state index in [2.05, 4.69) is 53.5 Å². The Morgan fingerprint density at radius 2 is 1.00 bits per heavy atom. The van der Waals surface area contributed by atoms with Crippen LogP contribution in [0.15, 0.2) is 128 Å². The number of nitrogens with zero attached hydrogens (tertiary/aromatic N) is 2. The normalized spacial score (nSPS) is 10.8. The summed E-state index contributed by atoms with van der Waals surface area (Å²) in [5.74, 6) is 0.547. The van der Waals surface area contributed by atoms with Crippen molar-refractivity contribution in [3.05, 3.63) is 139 Å². The molecular formula is C30H25N2O2P. The van der Waals surface area contributed by atoms with E-state index in [9.17, 15) is 0 Å². The van der Waals surface area contributed by atoms with Gasteiger partial charge in [-0.3, -0.25) is 0 Å². The van der Waals surface area contributed by atoms with E-state index >= 15 is 0 Å². The number of benzene rings is 4. The van der Waals surface area contributed by atoms with E-state index in [0.29, 0.717) is 25.1 Å². The Kier molecular flexibility index (Phi) is 7.42. The Bertz CT molecular complexity index is 1300. The summed E-state index contributed by atoms with van der Waals surface area (Å²) in [4.78, 5) is 9.32. The third kappa shape index (κ3) is 5.92. The molecule has 5 rings (SSSR count). The third-order valence-corrected chi connectivity index (χ3v) is 7.83. The number of hydrogen-bond acceptors (Lipinski definition) is 4. The van der Waals surface area contributed by atoms with E-state index in [1.165, 1.54) is 10.6 Å². The molecule has 4 aromatic carbocycles. The lowest BCUT2D eigenvalue weighted by Crippen LogP contribution is -2.24. The highest BCUT2D eigenvalue weighted by atomic mass is 31.1. The van der Waals surface area contributed by atoms with E-state index in [-0.39, 0.29) is 0 Å². The minimum absolute atomic E-state index is 0.303. The smallest absolute Gasteiger partial charge is 0.320 e. The molecular weight excluding hydrogens is 451 g/mol. The number of aromatic nitrogens is 2. The molecule has 1 aromatic heterocycles. The van der Waals surface area contributed by atoms with Crippen molar-refractivity contribution in [2.75, 3.05) is 0 Å². The van der Waals surface area contributed by atoms with Crippen molar-refractivity contribution in [2.24, 2.45) is 0 Å². The molecule has 0 amide bonds. The van der Waals surface area contributed by atoms with Crippen LogP contribution in [-0.4, -0.2) is 9.97 Å². The lowest BCUT2D eigenvalue weighted by atomic mass is 10.2. The van der Waals surface area contributed by atoms with Gasteiger partial charge in [-0.2, -0.15) is 4.98 Å². The average Bonchev–Trinajstić information content (AvgIpc) is 2.94. The van der Waals surface area contributed by atoms with Gasteiger partial charge in [0.2, 0.25) is 5.88 Å². The second-order valence-corrected chi connectivity index (χ2v) is 10.1. The minimum atomic E-state index is -0.918. The molecule has 172 valence electrons. The third-order valence-electron chi connectivity index (χ3n) is 5.41. The van der Waals surface area contributed by atoms with Gasteiger partial charge in [-0.05, 0) is 29.7 Å². The molecule has 5 aromatic rings. The fourth-order valence-corrected chi connectivity index (χ4v) is 5.98. The zero-order valence-corrected chi connectivity index (χ0v) is 20.1. The van der Waals surface area contributed by atoms with Gasteiger partial charge < -0.3 is 9.47 Å². The molecule has 1 heterocycles. The molecule has 0 unspecified atom stereocenters. The zero-order chi connectivity index (χ0) is 23.7. The van der Waals surface area contributed by atoms with Crippen LogP contribution in [0, 0.1) is 0 Å². The standard InChI is InChI=1S/C30H25N2O2P/c1-5-13-24(14-6-1)22-33-29-28(21-31-30(32-29)34-23-25-15-7-2-8-16-25)35(26-17-9-3-10-18-26)27-19-11-4-12-20-27/h1-21H,22-23H2. The molecule has 0 spiro atoms. The van der Waals surface area contributed by atoms with Crippen molar-refractivity contribution >= 4 is 23.8 Å². The minimum Gasteiger partial charge on any atom is -0.472 e. The first-order valence-corrected chi connectivity index (χ1v) is 12.8. The van der Waals surface area contributed by atoms with E-state index in [1.807, 2.05) is 79.0 Å². The predicted molar refractivity (Wildman–Crippen MR) is 142 cm³/mol. The molecule has 0 bridgehead atoms.